The number of nitrogens with zero attached hydrogens (tertiary/aromatic N) is 3. The van der Waals surface area contributed by atoms with Gasteiger partial charge in [0, 0.05) is 0 Å². The quantitative estimate of drug-likeness (QED) is 0.136. The molecule has 2 aromatic heterocycles. The molecular weight excluding hydrogens is 661 g/mol. The van der Waals surface area contributed by atoms with Gasteiger partial charge in [-0.1, -0.05) is 36.4 Å². The summed E-state index contributed by atoms with van der Waals surface area (Å²) in [6.45, 7) is 0. The van der Waals surface area contributed by atoms with Crippen LogP contribution in [0.15, 0.2) is 164 Å². The molecule has 0 aliphatic rings. The number of benzene rings is 8. The van der Waals surface area contributed by atoms with Gasteiger partial charge in [-0.2, -0.15) is 0 Å². The summed E-state index contributed by atoms with van der Waals surface area (Å²) < 4.78 is 2.73. The van der Waals surface area contributed by atoms with Crippen molar-refractivity contribution < 1.29 is 0 Å². The molecule has 49 heavy (non-hydrogen) atoms. The summed E-state index contributed by atoms with van der Waals surface area (Å²) in [6, 6.07) is 58.4. The second kappa shape index (κ2) is 11.3. The van der Waals surface area contributed by atoms with Crippen molar-refractivity contribution in [2.45, 2.75) is 0 Å². The average molecular weight is 689 g/mol. The molecule has 4 heteroatoms. The summed E-state index contributed by atoms with van der Waals surface area (Å²) in [5.41, 5.74) is 5.25. The Labute approximate surface area is 288 Å². The SMILES string of the molecule is c1ccc(-c2nc(-c3ccccc3-c3ccc4ccc5c6ccccc6ccc5c4c3)nc(-c3cccc4c3[se]c3ccccc34)n2)cc1. The van der Waals surface area contributed by atoms with Gasteiger partial charge in [0.15, 0.2) is 0 Å². The molecule has 0 saturated heterocycles. The minimum atomic E-state index is 0.166. The van der Waals surface area contributed by atoms with Crippen LogP contribution >= 0.6 is 0 Å². The van der Waals surface area contributed by atoms with Gasteiger partial charge < -0.3 is 0 Å². The third-order valence-corrected chi connectivity index (χ3v) is 12.1. The molecule has 0 amide bonds. The molecular formula is C45H27N3Se. The Balaban J connectivity index is 1.19. The summed E-state index contributed by atoms with van der Waals surface area (Å²) in [5.74, 6) is 2.05. The van der Waals surface area contributed by atoms with Crippen LogP contribution in [0.5, 0.6) is 0 Å². The average Bonchev–Trinajstić information content (AvgIpc) is 3.57. The monoisotopic (exact) mass is 689 g/mol. The van der Waals surface area contributed by atoms with E-state index < -0.39 is 0 Å². The second-order valence-electron chi connectivity index (χ2n) is 12.4. The predicted octanol–water partition coefficient (Wildman–Crippen LogP) is 11.4. The van der Waals surface area contributed by atoms with Crippen LogP contribution in [0.2, 0.25) is 0 Å². The van der Waals surface area contributed by atoms with Gasteiger partial charge in [-0.15, -0.1) is 0 Å². The van der Waals surface area contributed by atoms with E-state index in [9.17, 15) is 0 Å². The van der Waals surface area contributed by atoms with Gasteiger partial charge in [-0.3, -0.25) is 0 Å². The van der Waals surface area contributed by atoms with Crippen molar-refractivity contribution in [1.29, 1.82) is 0 Å². The molecule has 10 rings (SSSR count). The van der Waals surface area contributed by atoms with Crippen LogP contribution in [-0.4, -0.2) is 29.5 Å². The van der Waals surface area contributed by atoms with Gasteiger partial charge in [0.25, 0.3) is 0 Å². The molecule has 0 atom stereocenters. The van der Waals surface area contributed by atoms with Gasteiger partial charge in [-0.25, -0.2) is 0 Å². The van der Waals surface area contributed by atoms with Crippen LogP contribution < -0.4 is 0 Å². The molecule has 0 fully saturated rings. The number of hydrogen-bond donors (Lipinski definition) is 0. The Hall–Kier alpha value is -5.93. The molecule has 0 aliphatic carbocycles. The molecule has 8 aromatic carbocycles. The minimum absolute atomic E-state index is 0.166. The maximum absolute atomic E-state index is 5.26. The van der Waals surface area contributed by atoms with Crippen molar-refractivity contribution in [2.75, 3.05) is 0 Å². The first kappa shape index (κ1) is 28.1. The van der Waals surface area contributed by atoms with Crippen molar-refractivity contribution in [2.24, 2.45) is 0 Å². The Bertz CT molecular complexity index is 2890. The van der Waals surface area contributed by atoms with Crippen molar-refractivity contribution in [3.8, 4) is 45.3 Å². The second-order valence-corrected chi connectivity index (χ2v) is 14.6. The van der Waals surface area contributed by atoms with Gasteiger partial charge in [0.05, 0.1) is 0 Å². The molecule has 0 bridgehead atoms. The van der Waals surface area contributed by atoms with E-state index in [0.717, 1.165) is 27.8 Å². The fourth-order valence-electron chi connectivity index (χ4n) is 7.17. The van der Waals surface area contributed by atoms with E-state index in [1.807, 2.05) is 18.2 Å². The van der Waals surface area contributed by atoms with E-state index in [1.165, 1.54) is 51.6 Å². The summed E-state index contributed by atoms with van der Waals surface area (Å²) in [7, 11) is 0. The molecule has 2 heterocycles. The third-order valence-electron chi connectivity index (χ3n) is 9.54. The molecule has 0 unspecified atom stereocenters. The first-order chi connectivity index (χ1) is 24.3. The first-order valence-electron chi connectivity index (χ1n) is 16.4. The summed E-state index contributed by atoms with van der Waals surface area (Å²) in [4.78, 5) is 15.5. The van der Waals surface area contributed by atoms with E-state index in [4.69, 9.17) is 15.0 Å². The fraction of sp³-hybridized carbons (Fsp3) is 0. The van der Waals surface area contributed by atoms with E-state index in [-0.39, 0.29) is 14.5 Å². The number of fused-ring (bicyclic) bond motifs is 8. The van der Waals surface area contributed by atoms with Gasteiger partial charge in [0.1, 0.15) is 0 Å². The Morgan fingerprint density at radius 1 is 0.327 bits per heavy atom. The van der Waals surface area contributed by atoms with Crippen molar-refractivity contribution in [3.63, 3.8) is 0 Å². The third kappa shape index (κ3) is 4.69. The summed E-state index contributed by atoms with van der Waals surface area (Å²) in [6.07, 6.45) is 0. The molecule has 228 valence electrons. The maximum atomic E-state index is 5.26. The molecule has 0 spiro atoms. The predicted molar refractivity (Wildman–Crippen MR) is 206 cm³/mol. The molecule has 0 saturated carbocycles. The zero-order valence-electron chi connectivity index (χ0n) is 26.3. The fourth-order valence-corrected chi connectivity index (χ4v) is 9.71. The molecule has 3 nitrogen and oxygen atoms in total. The normalized spacial score (nSPS) is 11.7. The molecule has 0 radical (unpaired) electrons. The molecule has 10 aromatic rings. The van der Waals surface area contributed by atoms with Crippen molar-refractivity contribution in [1.82, 2.24) is 15.0 Å². The Morgan fingerprint density at radius 3 is 1.78 bits per heavy atom. The van der Waals surface area contributed by atoms with E-state index in [1.54, 1.807) is 0 Å². The zero-order valence-corrected chi connectivity index (χ0v) is 28.1. The standard InChI is InChI=1S/C45H27N3Se/c1-2-12-30(13-3-1)43-46-44(48-45(47-43)39-19-10-18-37-36-16-8-9-20-41(36)49-42(37)39)38-17-7-6-15-33(38)31-22-21-29-24-25-34-32-14-5-4-11-28(32)23-26-35(34)40(29)27-31/h1-27H. The van der Waals surface area contributed by atoms with Gasteiger partial charge in [0.2, 0.25) is 0 Å². The van der Waals surface area contributed by atoms with E-state index >= 15 is 0 Å². The van der Waals surface area contributed by atoms with Crippen LogP contribution in [0.1, 0.15) is 0 Å². The van der Waals surface area contributed by atoms with Crippen LogP contribution in [0.4, 0.5) is 0 Å². The Kier molecular flexibility index (Phi) is 6.51. The molecule has 0 N–H and O–H groups in total. The van der Waals surface area contributed by atoms with Gasteiger partial charge in [-0.05, 0) is 10.8 Å². The van der Waals surface area contributed by atoms with E-state index in [0.29, 0.717) is 17.5 Å². The number of rotatable bonds is 4. The van der Waals surface area contributed by atoms with Gasteiger partial charge >= 0.3 is 243 Å². The topological polar surface area (TPSA) is 38.7 Å². The first-order valence-corrected chi connectivity index (χ1v) is 18.2. The van der Waals surface area contributed by atoms with Crippen LogP contribution in [0.25, 0.3) is 96.9 Å². The van der Waals surface area contributed by atoms with Crippen LogP contribution in [-0.2, 0) is 0 Å². The molecule has 0 aliphatic heterocycles. The van der Waals surface area contributed by atoms with Crippen LogP contribution in [0, 0.1) is 0 Å². The zero-order chi connectivity index (χ0) is 32.3. The Morgan fingerprint density at radius 2 is 0.918 bits per heavy atom. The van der Waals surface area contributed by atoms with Crippen LogP contribution in [0.3, 0.4) is 0 Å². The van der Waals surface area contributed by atoms with Crippen molar-refractivity contribution in [3.05, 3.63) is 164 Å². The van der Waals surface area contributed by atoms with Crippen molar-refractivity contribution >= 4 is 66.1 Å². The van der Waals surface area contributed by atoms with E-state index in [2.05, 4.69) is 146 Å². The number of aromatic nitrogens is 3. The number of hydrogen-bond acceptors (Lipinski definition) is 3. The summed E-state index contributed by atoms with van der Waals surface area (Å²) >= 11 is 0.166. The summed E-state index contributed by atoms with van der Waals surface area (Å²) in [5, 5.41) is 10.1.